The van der Waals surface area contributed by atoms with E-state index in [0.29, 0.717) is 22.4 Å². The second-order valence-electron chi connectivity index (χ2n) is 4.51. The number of thiocarbonyl (C=S) groups is 1. The number of amides is 1. The van der Waals surface area contributed by atoms with Crippen LogP contribution in [0, 0.1) is 6.92 Å². The third kappa shape index (κ3) is 6.97. The number of rotatable bonds is 5. The molecule has 0 spiro atoms. The van der Waals surface area contributed by atoms with Gasteiger partial charge < -0.3 is 10.1 Å². The predicted molar refractivity (Wildman–Crippen MR) is 88.4 cm³/mol. The van der Waals surface area contributed by atoms with Crippen LogP contribution in [0.4, 0.5) is 0 Å². The van der Waals surface area contributed by atoms with Gasteiger partial charge in [0.05, 0.1) is 0 Å². The van der Waals surface area contributed by atoms with Gasteiger partial charge in [-0.1, -0.05) is 23.8 Å². The van der Waals surface area contributed by atoms with Crippen LogP contribution in [0.15, 0.2) is 30.4 Å². The molecule has 1 amide bonds. The van der Waals surface area contributed by atoms with Gasteiger partial charge in [0.15, 0.2) is 11.7 Å². The summed E-state index contributed by atoms with van der Waals surface area (Å²) in [5.41, 5.74) is 6.81. The molecule has 5 nitrogen and oxygen atoms in total. The van der Waals surface area contributed by atoms with E-state index in [0.717, 1.165) is 11.1 Å². The molecule has 1 rings (SSSR count). The third-order valence-electron chi connectivity index (χ3n) is 2.36. The normalized spacial score (nSPS) is 9.67. The molecule has 0 saturated heterocycles. The lowest BCUT2D eigenvalue weighted by atomic mass is 10.2. The summed E-state index contributed by atoms with van der Waals surface area (Å²) in [5.74, 6) is 0.265. The summed E-state index contributed by atoms with van der Waals surface area (Å²) >= 11 is 10.8. The van der Waals surface area contributed by atoms with Crippen molar-refractivity contribution in [3.05, 3.63) is 40.9 Å². The molecule has 7 heteroatoms. The van der Waals surface area contributed by atoms with Gasteiger partial charge in [-0.05, 0) is 49.8 Å². The zero-order valence-electron chi connectivity index (χ0n) is 12.0. The van der Waals surface area contributed by atoms with Gasteiger partial charge in [0.1, 0.15) is 5.75 Å². The molecular formula is C14H18ClN3O2S. The Morgan fingerprint density at radius 1 is 1.43 bits per heavy atom. The summed E-state index contributed by atoms with van der Waals surface area (Å²) in [6, 6.07) is 5.19. The minimum absolute atomic E-state index is 0.126. The van der Waals surface area contributed by atoms with Crippen LogP contribution in [0.3, 0.4) is 0 Å². The first kappa shape index (κ1) is 17.3. The number of carbonyl (C=O) groups excluding carboxylic acids is 1. The predicted octanol–water partition coefficient (Wildman–Crippen LogP) is 2.10. The molecular weight excluding hydrogens is 310 g/mol. The highest BCUT2D eigenvalue weighted by Crippen LogP contribution is 2.21. The van der Waals surface area contributed by atoms with E-state index < -0.39 is 0 Å². The van der Waals surface area contributed by atoms with Crippen molar-refractivity contribution in [2.75, 3.05) is 13.2 Å². The van der Waals surface area contributed by atoms with Crippen molar-refractivity contribution < 1.29 is 9.53 Å². The number of nitrogens with one attached hydrogen (secondary N) is 3. The second-order valence-corrected chi connectivity index (χ2v) is 5.36. The molecule has 1 aromatic carbocycles. The fraction of sp³-hybridized carbons (Fsp3) is 0.286. The van der Waals surface area contributed by atoms with Crippen LogP contribution in [-0.2, 0) is 4.79 Å². The maximum Gasteiger partial charge on any atom is 0.276 e. The van der Waals surface area contributed by atoms with Crippen molar-refractivity contribution in [1.29, 1.82) is 0 Å². The summed E-state index contributed by atoms with van der Waals surface area (Å²) in [6.45, 7) is 7.88. The Kier molecular flexibility index (Phi) is 6.98. The van der Waals surface area contributed by atoms with Crippen molar-refractivity contribution in [3.63, 3.8) is 0 Å². The number of benzene rings is 1. The van der Waals surface area contributed by atoms with E-state index in [4.69, 9.17) is 28.6 Å². The van der Waals surface area contributed by atoms with Gasteiger partial charge in [0, 0.05) is 11.6 Å². The molecule has 0 aliphatic heterocycles. The van der Waals surface area contributed by atoms with E-state index in [-0.39, 0.29) is 12.5 Å². The van der Waals surface area contributed by atoms with Crippen molar-refractivity contribution in [1.82, 2.24) is 16.2 Å². The minimum atomic E-state index is -0.344. The first-order valence-electron chi connectivity index (χ1n) is 6.24. The molecule has 0 aromatic heterocycles. The van der Waals surface area contributed by atoms with Crippen molar-refractivity contribution in [2.24, 2.45) is 0 Å². The van der Waals surface area contributed by atoms with Gasteiger partial charge in [-0.15, -0.1) is 0 Å². The van der Waals surface area contributed by atoms with Crippen LogP contribution in [0.25, 0.3) is 0 Å². The lowest BCUT2D eigenvalue weighted by Crippen LogP contribution is -2.48. The van der Waals surface area contributed by atoms with E-state index in [2.05, 4.69) is 22.7 Å². The average molecular weight is 328 g/mol. The van der Waals surface area contributed by atoms with Crippen LogP contribution in [0.5, 0.6) is 5.75 Å². The molecule has 3 N–H and O–H groups in total. The Hall–Kier alpha value is -1.79. The largest absolute Gasteiger partial charge is 0.483 e. The molecule has 0 heterocycles. The molecule has 0 bridgehead atoms. The standard InChI is InChI=1S/C14H18ClN3O2S/c1-9(2)7-16-14(21)18-17-13(19)8-20-12-5-4-11(15)6-10(12)3/h4-6H,1,7-8H2,2-3H3,(H,17,19)(H2,16,18,21). The van der Waals surface area contributed by atoms with Gasteiger partial charge in [0.25, 0.3) is 5.91 Å². The minimum Gasteiger partial charge on any atom is -0.483 e. The lowest BCUT2D eigenvalue weighted by molar-refractivity contribution is -0.123. The van der Waals surface area contributed by atoms with E-state index in [1.807, 2.05) is 13.8 Å². The number of carbonyl (C=O) groups is 1. The summed E-state index contributed by atoms with van der Waals surface area (Å²) < 4.78 is 5.40. The fourth-order valence-electron chi connectivity index (χ4n) is 1.36. The molecule has 0 atom stereocenters. The first-order valence-corrected chi connectivity index (χ1v) is 7.03. The van der Waals surface area contributed by atoms with E-state index in [9.17, 15) is 4.79 Å². The maximum atomic E-state index is 11.6. The first-order chi connectivity index (χ1) is 9.88. The third-order valence-corrected chi connectivity index (χ3v) is 2.84. The number of hydrogen-bond donors (Lipinski definition) is 3. The summed E-state index contributed by atoms with van der Waals surface area (Å²) in [4.78, 5) is 11.6. The Morgan fingerprint density at radius 2 is 2.14 bits per heavy atom. The van der Waals surface area contributed by atoms with Crippen LogP contribution in [0.2, 0.25) is 5.02 Å². The molecule has 0 radical (unpaired) electrons. The number of hydrazine groups is 1. The number of hydrogen-bond acceptors (Lipinski definition) is 3. The highest BCUT2D eigenvalue weighted by molar-refractivity contribution is 7.80. The summed E-state index contributed by atoms with van der Waals surface area (Å²) in [7, 11) is 0. The van der Waals surface area contributed by atoms with Gasteiger partial charge in [-0.25, -0.2) is 0 Å². The molecule has 114 valence electrons. The van der Waals surface area contributed by atoms with Crippen molar-refractivity contribution >= 4 is 34.8 Å². The molecule has 1 aromatic rings. The average Bonchev–Trinajstić information content (AvgIpc) is 2.41. The Morgan fingerprint density at radius 3 is 2.76 bits per heavy atom. The maximum absolute atomic E-state index is 11.6. The fourth-order valence-corrected chi connectivity index (χ4v) is 1.71. The zero-order chi connectivity index (χ0) is 15.8. The zero-order valence-corrected chi connectivity index (χ0v) is 13.5. The number of halogens is 1. The lowest BCUT2D eigenvalue weighted by Gasteiger charge is -2.12. The Labute approximate surface area is 134 Å². The molecule has 0 aliphatic carbocycles. The summed E-state index contributed by atoms with van der Waals surface area (Å²) in [5, 5.41) is 3.82. The van der Waals surface area contributed by atoms with E-state index in [1.165, 1.54) is 0 Å². The van der Waals surface area contributed by atoms with E-state index in [1.54, 1.807) is 18.2 Å². The topological polar surface area (TPSA) is 62.4 Å². The number of ether oxygens (including phenoxy) is 1. The highest BCUT2D eigenvalue weighted by Gasteiger charge is 2.05. The number of aryl methyl sites for hydroxylation is 1. The smallest absolute Gasteiger partial charge is 0.276 e. The highest BCUT2D eigenvalue weighted by atomic mass is 35.5. The molecule has 0 unspecified atom stereocenters. The molecule has 0 fully saturated rings. The Bertz CT molecular complexity index is 549. The molecule has 0 saturated carbocycles. The van der Waals surface area contributed by atoms with Gasteiger partial charge in [0.2, 0.25) is 0 Å². The van der Waals surface area contributed by atoms with Crippen LogP contribution in [-0.4, -0.2) is 24.2 Å². The van der Waals surface area contributed by atoms with Crippen molar-refractivity contribution in [2.45, 2.75) is 13.8 Å². The molecule has 21 heavy (non-hydrogen) atoms. The summed E-state index contributed by atoms with van der Waals surface area (Å²) in [6.07, 6.45) is 0. The van der Waals surface area contributed by atoms with Gasteiger partial charge >= 0.3 is 0 Å². The van der Waals surface area contributed by atoms with E-state index >= 15 is 0 Å². The van der Waals surface area contributed by atoms with Crippen LogP contribution in [0.1, 0.15) is 12.5 Å². The SMILES string of the molecule is C=C(C)CNC(=S)NNC(=O)COc1ccc(Cl)cc1C. The monoisotopic (exact) mass is 327 g/mol. The molecule has 0 aliphatic rings. The van der Waals surface area contributed by atoms with Crippen LogP contribution < -0.4 is 20.9 Å². The quantitative estimate of drug-likeness (QED) is 0.439. The van der Waals surface area contributed by atoms with Crippen molar-refractivity contribution in [3.8, 4) is 5.75 Å². The Balaban J connectivity index is 2.31. The van der Waals surface area contributed by atoms with Gasteiger partial charge in [-0.3, -0.25) is 15.6 Å². The van der Waals surface area contributed by atoms with Crippen LogP contribution >= 0.6 is 23.8 Å². The van der Waals surface area contributed by atoms with Gasteiger partial charge in [-0.2, -0.15) is 0 Å². The second kappa shape index (κ2) is 8.49.